The van der Waals surface area contributed by atoms with Crippen LogP contribution in [0, 0.1) is 0 Å². The van der Waals surface area contributed by atoms with Crippen molar-refractivity contribution >= 4 is 22.5 Å². The van der Waals surface area contributed by atoms with E-state index in [1.54, 1.807) is 17.9 Å². The van der Waals surface area contributed by atoms with Crippen molar-refractivity contribution in [3.63, 3.8) is 0 Å². The maximum Gasteiger partial charge on any atom is 0.148 e. The van der Waals surface area contributed by atoms with Crippen LogP contribution in [0.5, 0.6) is 5.75 Å². The van der Waals surface area contributed by atoms with E-state index in [0.29, 0.717) is 10.8 Å². The number of aromatic nitrogens is 2. The van der Waals surface area contributed by atoms with E-state index < -0.39 is 0 Å². The van der Waals surface area contributed by atoms with Gasteiger partial charge in [-0.2, -0.15) is 5.10 Å². The zero-order valence-electron chi connectivity index (χ0n) is 7.41. The van der Waals surface area contributed by atoms with Crippen LogP contribution in [0.15, 0.2) is 18.3 Å². The Labute approximate surface area is 80.9 Å². The topological polar surface area (TPSA) is 27.1 Å². The van der Waals surface area contributed by atoms with Crippen LogP contribution in [-0.4, -0.2) is 16.9 Å². The molecule has 1 aromatic carbocycles. The molecule has 3 nitrogen and oxygen atoms in total. The fraction of sp³-hybridized carbons (Fsp3) is 0.222. The Bertz CT molecular complexity index is 450. The van der Waals surface area contributed by atoms with E-state index in [1.165, 1.54) is 0 Å². The summed E-state index contributed by atoms with van der Waals surface area (Å²) in [6.45, 7) is 0. The molecule has 0 aliphatic heterocycles. The van der Waals surface area contributed by atoms with Crippen LogP contribution in [0.1, 0.15) is 0 Å². The highest BCUT2D eigenvalue weighted by atomic mass is 35.5. The molecule has 4 heteroatoms. The number of hydrogen-bond acceptors (Lipinski definition) is 2. The van der Waals surface area contributed by atoms with E-state index in [0.717, 1.165) is 10.9 Å². The molecule has 1 aromatic heterocycles. The Morgan fingerprint density at radius 2 is 2.23 bits per heavy atom. The van der Waals surface area contributed by atoms with Crippen molar-refractivity contribution < 1.29 is 4.74 Å². The Balaban J connectivity index is 2.82. The Morgan fingerprint density at radius 3 is 2.92 bits per heavy atom. The third-order valence-electron chi connectivity index (χ3n) is 1.91. The van der Waals surface area contributed by atoms with Crippen LogP contribution >= 0.6 is 11.6 Å². The van der Waals surface area contributed by atoms with Crippen LogP contribution in [0.25, 0.3) is 10.9 Å². The van der Waals surface area contributed by atoms with Gasteiger partial charge >= 0.3 is 0 Å². The molecule has 0 spiro atoms. The predicted octanol–water partition coefficient (Wildman–Crippen LogP) is 2.24. The summed E-state index contributed by atoms with van der Waals surface area (Å²) in [6, 6.07) is 3.66. The van der Waals surface area contributed by atoms with Gasteiger partial charge in [0.05, 0.1) is 23.0 Å². The molecule has 0 amide bonds. The average molecular weight is 197 g/mol. The SMILES string of the molecule is COc1c(Cl)ccc2nn(C)cc12. The third kappa shape index (κ3) is 1.25. The molecule has 0 radical (unpaired) electrons. The molecule has 0 bridgehead atoms. The standard InChI is InChI=1S/C9H9ClN2O/c1-12-5-6-8(11-12)4-3-7(10)9(6)13-2/h3-5H,1-2H3. The first kappa shape index (κ1) is 8.38. The number of fused-ring (bicyclic) bond motifs is 1. The second kappa shape index (κ2) is 2.92. The summed E-state index contributed by atoms with van der Waals surface area (Å²) in [5.74, 6) is 0.687. The van der Waals surface area contributed by atoms with Crippen molar-refractivity contribution in [1.82, 2.24) is 9.78 Å². The van der Waals surface area contributed by atoms with Gasteiger partial charge in [0.1, 0.15) is 5.75 Å². The van der Waals surface area contributed by atoms with Crippen molar-refractivity contribution in [1.29, 1.82) is 0 Å². The summed E-state index contributed by atoms with van der Waals surface area (Å²) in [5, 5.41) is 5.80. The highest BCUT2D eigenvalue weighted by molar-refractivity contribution is 6.33. The van der Waals surface area contributed by atoms with E-state index in [2.05, 4.69) is 5.10 Å². The van der Waals surface area contributed by atoms with Crippen molar-refractivity contribution in [3.8, 4) is 5.75 Å². The molecule has 0 aliphatic carbocycles. The number of hydrogen-bond donors (Lipinski definition) is 0. The molecule has 2 aromatic rings. The first-order chi connectivity index (χ1) is 6.22. The highest BCUT2D eigenvalue weighted by Gasteiger charge is 2.08. The molecule has 2 rings (SSSR count). The second-order valence-corrected chi connectivity index (χ2v) is 3.22. The number of aryl methyl sites for hydroxylation is 1. The molecular weight excluding hydrogens is 188 g/mol. The molecule has 0 unspecified atom stereocenters. The number of ether oxygens (including phenoxy) is 1. The van der Waals surface area contributed by atoms with Gasteiger partial charge in [0.25, 0.3) is 0 Å². The zero-order valence-corrected chi connectivity index (χ0v) is 8.17. The fourth-order valence-electron chi connectivity index (χ4n) is 1.37. The van der Waals surface area contributed by atoms with Gasteiger partial charge in [-0.05, 0) is 12.1 Å². The zero-order chi connectivity index (χ0) is 9.42. The van der Waals surface area contributed by atoms with Crippen molar-refractivity contribution in [3.05, 3.63) is 23.4 Å². The van der Waals surface area contributed by atoms with E-state index in [-0.39, 0.29) is 0 Å². The Kier molecular flexibility index (Phi) is 1.88. The first-order valence-corrected chi connectivity index (χ1v) is 4.26. The van der Waals surface area contributed by atoms with E-state index in [4.69, 9.17) is 16.3 Å². The molecule has 0 fully saturated rings. The monoisotopic (exact) mass is 196 g/mol. The smallest absolute Gasteiger partial charge is 0.148 e. The third-order valence-corrected chi connectivity index (χ3v) is 2.21. The van der Waals surface area contributed by atoms with Gasteiger partial charge in [0.15, 0.2) is 0 Å². The maximum atomic E-state index is 5.95. The number of methoxy groups -OCH3 is 1. The number of halogens is 1. The van der Waals surface area contributed by atoms with Crippen LogP contribution < -0.4 is 4.74 Å². The highest BCUT2D eigenvalue weighted by Crippen LogP contribution is 2.32. The van der Waals surface area contributed by atoms with Crippen molar-refractivity contribution in [2.75, 3.05) is 7.11 Å². The molecule has 0 saturated carbocycles. The molecule has 0 N–H and O–H groups in total. The largest absolute Gasteiger partial charge is 0.494 e. The van der Waals surface area contributed by atoms with Crippen LogP contribution in [0.4, 0.5) is 0 Å². The normalized spacial score (nSPS) is 10.7. The summed E-state index contributed by atoms with van der Waals surface area (Å²) in [5.41, 5.74) is 0.892. The molecule has 0 saturated heterocycles. The van der Waals surface area contributed by atoms with Gasteiger partial charge in [-0.25, -0.2) is 0 Å². The molecule has 13 heavy (non-hydrogen) atoms. The summed E-state index contributed by atoms with van der Waals surface area (Å²) in [7, 11) is 3.47. The molecule has 1 heterocycles. The Hall–Kier alpha value is -1.22. The van der Waals surface area contributed by atoms with Crippen LogP contribution in [0.2, 0.25) is 5.02 Å². The van der Waals surface area contributed by atoms with Gasteiger partial charge < -0.3 is 4.74 Å². The summed E-state index contributed by atoms with van der Waals surface area (Å²) < 4.78 is 6.93. The van der Waals surface area contributed by atoms with Gasteiger partial charge in [0.2, 0.25) is 0 Å². The van der Waals surface area contributed by atoms with E-state index in [9.17, 15) is 0 Å². The minimum Gasteiger partial charge on any atom is -0.494 e. The van der Waals surface area contributed by atoms with E-state index >= 15 is 0 Å². The minimum atomic E-state index is 0.614. The molecule has 0 atom stereocenters. The molecule has 68 valence electrons. The van der Waals surface area contributed by atoms with Crippen LogP contribution in [0.3, 0.4) is 0 Å². The van der Waals surface area contributed by atoms with Gasteiger partial charge in [-0.15, -0.1) is 0 Å². The lowest BCUT2D eigenvalue weighted by atomic mass is 10.2. The first-order valence-electron chi connectivity index (χ1n) is 3.88. The lowest BCUT2D eigenvalue weighted by Gasteiger charge is -2.02. The number of nitrogens with zero attached hydrogens (tertiary/aromatic N) is 2. The fourth-order valence-corrected chi connectivity index (χ4v) is 1.61. The van der Waals surface area contributed by atoms with Crippen molar-refractivity contribution in [2.45, 2.75) is 0 Å². The quantitative estimate of drug-likeness (QED) is 0.700. The minimum absolute atomic E-state index is 0.614. The van der Waals surface area contributed by atoms with Gasteiger partial charge in [0, 0.05) is 13.2 Å². The summed E-state index contributed by atoms with van der Waals surface area (Å²) in [4.78, 5) is 0. The Morgan fingerprint density at radius 1 is 1.46 bits per heavy atom. The van der Waals surface area contributed by atoms with E-state index in [1.807, 2.05) is 19.3 Å². The molecule has 0 aliphatic rings. The summed E-state index contributed by atoms with van der Waals surface area (Å²) >= 11 is 5.95. The molecular formula is C9H9ClN2O. The second-order valence-electron chi connectivity index (χ2n) is 2.82. The lowest BCUT2D eigenvalue weighted by molar-refractivity contribution is 0.420. The lowest BCUT2D eigenvalue weighted by Crippen LogP contribution is -1.84. The summed E-state index contributed by atoms with van der Waals surface area (Å²) in [6.07, 6.45) is 1.89. The average Bonchev–Trinajstić information content (AvgIpc) is 2.45. The van der Waals surface area contributed by atoms with Crippen LogP contribution in [-0.2, 0) is 7.05 Å². The van der Waals surface area contributed by atoms with Gasteiger partial charge in [-0.3, -0.25) is 4.68 Å². The predicted molar refractivity (Wildman–Crippen MR) is 52.3 cm³/mol. The number of benzene rings is 1. The number of rotatable bonds is 1. The maximum absolute atomic E-state index is 5.95. The van der Waals surface area contributed by atoms with Gasteiger partial charge in [-0.1, -0.05) is 11.6 Å². The van der Waals surface area contributed by atoms with Crippen molar-refractivity contribution in [2.24, 2.45) is 7.05 Å².